The number of nitrogens with one attached hydrogen (secondary N) is 1. The highest BCUT2D eigenvalue weighted by Crippen LogP contribution is 2.33. The van der Waals surface area contributed by atoms with Crippen molar-refractivity contribution >= 4 is 50.7 Å². The van der Waals surface area contributed by atoms with E-state index in [1.54, 1.807) is 13.0 Å². The zero-order valence-corrected chi connectivity index (χ0v) is 21.3. The van der Waals surface area contributed by atoms with Gasteiger partial charge in [0.05, 0.1) is 22.0 Å². The highest BCUT2D eigenvalue weighted by Gasteiger charge is 2.31. The van der Waals surface area contributed by atoms with Gasteiger partial charge in [0.25, 0.3) is 0 Å². The van der Waals surface area contributed by atoms with Crippen molar-refractivity contribution in [3.05, 3.63) is 64.1 Å². The Balaban J connectivity index is 2.36. The van der Waals surface area contributed by atoms with Gasteiger partial charge in [-0.05, 0) is 31.0 Å². The van der Waals surface area contributed by atoms with E-state index in [1.807, 2.05) is 37.3 Å². The Hall–Kier alpha value is -2.29. The summed E-state index contributed by atoms with van der Waals surface area (Å²) >= 11 is 12.3. The Morgan fingerprint density at radius 2 is 1.73 bits per heavy atom. The van der Waals surface area contributed by atoms with Crippen LogP contribution < -0.4 is 9.62 Å². The molecule has 0 fully saturated rings. The Morgan fingerprint density at radius 3 is 2.33 bits per heavy atom. The molecule has 10 heteroatoms. The van der Waals surface area contributed by atoms with Crippen molar-refractivity contribution in [3.8, 4) is 0 Å². The Labute approximate surface area is 205 Å². The Kier molecular flexibility index (Phi) is 10.0. The molecule has 2 aromatic carbocycles. The van der Waals surface area contributed by atoms with Crippen molar-refractivity contribution < 1.29 is 18.0 Å². The minimum Gasteiger partial charge on any atom is -0.354 e. The molecule has 0 heterocycles. The largest absolute Gasteiger partial charge is 0.354 e. The lowest BCUT2D eigenvalue weighted by molar-refractivity contribution is -0.139. The number of anilines is 1. The third-order valence-electron chi connectivity index (χ3n) is 5.07. The maximum Gasteiger partial charge on any atom is 0.244 e. The van der Waals surface area contributed by atoms with E-state index in [0.717, 1.165) is 29.0 Å². The normalized spacial score (nSPS) is 12.2. The molecule has 1 atom stereocenters. The molecule has 2 aromatic rings. The number of benzene rings is 2. The summed E-state index contributed by atoms with van der Waals surface area (Å²) in [5.41, 5.74) is 0.908. The quantitative estimate of drug-likeness (QED) is 0.458. The lowest BCUT2D eigenvalue weighted by Crippen LogP contribution is -2.51. The average molecular weight is 514 g/mol. The van der Waals surface area contributed by atoms with Gasteiger partial charge < -0.3 is 10.2 Å². The number of hydrogen-bond acceptors (Lipinski definition) is 4. The number of halogens is 2. The van der Waals surface area contributed by atoms with Crippen LogP contribution in [0.2, 0.25) is 10.0 Å². The van der Waals surface area contributed by atoms with Crippen LogP contribution in [0.3, 0.4) is 0 Å². The molecule has 0 spiro atoms. The van der Waals surface area contributed by atoms with E-state index in [1.165, 1.54) is 17.0 Å². The van der Waals surface area contributed by atoms with Crippen molar-refractivity contribution in [2.45, 2.75) is 39.3 Å². The molecule has 1 N–H and O–H groups in total. The van der Waals surface area contributed by atoms with Crippen LogP contribution in [0.4, 0.5) is 5.69 Å². The molecule has 0 radical (unpaired) electrons. The molecule has 2 rings (SSSR count). The number of nitrogens with zero attached hydrogens (tertiary/aromatic N) is 2. The second-order valence-corrected chi connectivity index (χ2v) is 10.4. The van der Waals surface area contributed by atoms with Gasteiger partial charge in [0.15, 0.2) is 0 Å². The topological polar surface area (TPSA) is 86.8 Å². The van der Waals surface area contributed by atoms with Crippen LogP contribution in [0, 0.1) is 0 Å². The summed E-state index contributed by atoms with van der Waals surface area (Å²) in [6.45, 7) is 3.75. The number of amides is 2. The lowest BCUT2D eigenvalue weighted by Gasteiger charge is -2.31. The van der Waals surface area contributed by atoms with Gasteiger partial charge in [-0.15, -0.1) is 0 Å². The van der Waals surface area contributed by atoms with Gasteiger partial charge in [0.2, 0.25) is 21.8 Å². The van der Waals surface area contributed by atoms with Gasteiger partial charge in [0, 0.05) is 13.1 Å². The van der Waals surface area contributed by atoms with Crippen molar-refractivity contribution in [3.63, 3.8) is 0 Å². The van der Waals surface area contributed by atoms with Gasteiger partial charge in [-0.25, -0.2) is 8.42 Å². The van der Waals surface area contributed by atoms with Crippen molar-refractivity contribution in [1.82, 2.24) is 10.2 Å². The molecule has 0 aliphatic carbocycles. The minimum atomic E-state index is -3.88. The molecule has 0 unspecified atom stereocenters. The molecule has 7 nitrogen and oxygen atoms in total. The molecule has 0 saturated carbocycles. The third-order valence-corrected chi connectivity index (χ3v) is 7.01. The van der Waals surface area contributed by atoms with Gasteiger partial charge in [-0.1, -0.05) is 72.9 Å². The first-order valence-corrected chi connectivity index (χ1v) is 13.2. The fraction of sp³-hybridized carbons (Fsp3) is 0.391. The van der Waals surface area contributed by atoms with E-state index in [-0.39, 0.29) is 28.2 Å². The summed E-state index contributed by atoms with van der Waals surface area (Å²) in [7, 11) is -3.88. The van der Waals surface area contributed by atoms with Crippen molar-refractivity contribution in [1.29, 1.82) is 0 Å². The van der Waals surface area contributed by atoms with Gasteiger partial charge >= 0.3 is 0 Å². The maximum atomic E-state index is 13.4. The number of sulfonamides is 1. The van der Waals surface area contributed by atoms with Crippen LogP contribution in [0.25, 0.3) is 0 Å². The number of carbonyl (C=O) groups excluding carboxylic acids is 2. The standard InChI is InChI=1S/C23H29Cl2N3O4S/c1-4-5-14-26-23(30)17(2)27(15-18-10-7-6-8-11-18)21(29)16-28(33(3,31)32)20-13-9-12-19(24)22(20)25/h6-13,17H,4-5,14-16H2,1-3H3,(H,26,30)/t17-/m0/s1. The van der Waals surface area contributed by atoms with Crippen LogP contribution in [0.1, 0.15) is 32.3 Å². The van der Waals surface area contributed by atoms with Crippen molar-refractivity contribution in [2.75, 3.05) is 23.7 Å². The monoisotopic (exact) mass is 513 g/mol. The lowest BCUT2D eigenvalue weighted by atomic mass is 10.1. The number of rotatable bonds is 11. The molecular formula is C23H29Cl2N3O4S. The summed E-state index contributed by atoms with van der Waals surface area (Å²) in [5.74, 6) is -0.849. The maximum absolute atomic E-state index is 13.4. The third kappa shape index (κ3) is 7.62. The highest BCUT2D eigenvalue weighted by atomic mass is 35.5. The SMILES string of the molecule is CCCCNC(=O)[C@H](C)N(Cc1ccccc1)C(=O)CN(c1cccc(Cl)c1Cl)S(C)(=O)=O. The first-order valence-electron chi connectivity index (χ1n) is 10.6. The van der Waals surface area contributed by atoms with E-state index in [2.05, 4.69) is 5.32 Å². The number of unbranched alkanes of at least 4 members (excludes halogenated alkanes) is 1. The summed E-state index contributed by atoms with van der Waals surface area (Å²) in [6.07, 6.45) is 2.73. The molecule has 33 heavy (non-hydrogen) atoms. The molecule has 0 aliphatic heterocycles. The molecule has 2 amide bonds. The Morgan fingerprint density at radius 1 is 1.06 bits per heavy atom. The second kappa shape index (κ2) is 12.3. The predicted octanol–water partition coefficient (Wildman–Crippen LogP) is 4.09. The highest BCUT2D eigenvalue weighted by molar-refractivity contribution is 7.92. The van der Waals surface area contributed by atoms with Crippen LogP contribution in [0.15, 0.2) is 48.5 Å². The van der Waals surface area contributed by atoms with Crippen LogP contribution in [-0.4, -0.2) is 50.5 Å². The molecule has 180 valence electrons. The first-order chi connectivity index (χ1) is 15.6. The molecule has 0 bridgehead atoms. The van der Waals surface area contributed by atoms with E-state index >= 15 is 0 Å². The van der Waals surface area contributed by atoms with E-state index in [4.69, 9.17) is 23.2 Å². The smallest absolute Gasteiger partial charge is 0.244 e. The fourth-order valence-electron chi connectivity index (χ4n) is 3.18. The van der Waals surface area contributed by atoms with E-state index < -0.39 is 28.5 Å². The zero-order chi connectivity index (χ0) is 24.6. The van der Waals surface area contributed by atoms with Gasteiger partial charge in [-0.2, -0.15) is 0 Å². The first kappa shape index (κ1) is 27.0. The molecule has 0 aliphatic rings. The zero-order valence-electron chi connectivity index (χ0n) is 18.9. The summed E-state index contributed by atoms with van der Waals surface area (Å²) in [4.78, 5) is 27.5. The molecule has 0 aromatic heterocycles. The minimum absolute atomic E-state index is 0.0253. The molecular weight excluding hydrogens is 485 g/mol. The van der Waals surface area contributed by atoms with Gasteiger partial charge in [-0.3, -0.25) is 13.9 Å². The average Bonchev–Trinajstić information content (AvgIpc) is 2.77. The van der Waals surface area contributed by atoms with Crippen LogP contribution >= 0.6 is 23.2 Å². The van der Waals surface area contributed by atoms with E-state index in [9.17, 15) is 18.0 Å². The summed E-state index contributed by atoms with van der Waals surface area (Å²) in [6, 6.07) is 12.9. The summed E-state index contributed by atoms with van der Waals surface area (Å²) in [5, 5.41) is 3.03. The van der Waals surface area contributed by atoms with Crippen molar-refractivity contribution in [2.24, 2.45) is 0 Å². The summed E-state index contributed by atoms with van der Waals surface area (Å²) < 4.78 is 26.0. The van der Waals surface area contributed by atoms with Crippen LogP contribution in [-0.2, 0) is 26.2 Å². The molecule has 0 saturated heterocycles. The number of hydrogen-bond donors (Lipinski definition) is 1. The Bertz CT molecular complexity index is 1060. The van der Waals surface area contributed by atoms with E-state index in [0.29, 0.717) is 6.54 Å². The number of carbonyl (C=O) groups is 2. The predicted molar refractivity (Wildman–Crippen MR) is 133 cm³/mol. The fourth-order valence-corrected chi connectivity index (χ4v) is 4.48. The van der Waals surface area contributed by atoms with Crippen LogP contribution in [0.5, 0.6) is 0 Å². The van der Waals surface area contributed by atoms with Gasteiger partial charge in [0.1, 0.15) is 12.6 Å². The second-order valence-electron chi connectivity index (χ2n) is 7.67.